The van der Waals surface area contributed by atoms with Crippen molar-refractivity contribution in [2.45, 2.75) is 27.7 Å². The highest BCUT2D eigenvalue weighted by Crippen LogP contribution is 2.15. The van der Waals surface area contributed by atoms with Gasteiger partial charge in [0.1, 0.15) is 5.75 Å². The fourth-order valence-corrected chi connectivity index (χ4v) is 1.57. The lowest BCUT2D eigenvalue weighted by atomic mass is 10.1. The molecule has 0 saturated heterocycles. The van der Waals surface area contributed by atoms with Crippen molar-refractivity contribution in [3.8, 4) is 5.75 Å². The average molecular weight is 256 g/mol. The Morgan fingerprint density at radius 2 is 1.47 bits per heavy atom. The van der Waals surface area contributed by atoms with Crippen LogP contribution >= 0.6 is 0 Å². The van der Waals surface area contributed by atoms with E-state index in [4.69, 9.17) is 4.74 Å². The lowest BCUT2D eigenvalue weighted by Crippen LogP contribution is -2.09. The second-order valence-electron chi connectivity index (χ2n) is 4.02. The summed E-state index contributed by atoms with van der Waals surface area (Å²) in [5.41, 5.74) is 2.67. The molecule has 0 aliphatic heterocycles. The minimum atomic E-state index is -0.313. The Kier molecular flexibility index (Phi) is 5.80. The SMILES string of the molecule is CC.Cc1ccc(OC(=O)c2ccccc2C)cc1. The molecule has 0 spiro atoms. The van der Waals surface area contributed by atoms with Crippen LogP contribution in [0.4, 0.5) is 0 Å². The van der Waals surface area contributed by atoms with Crippen molar-refractivity contribution >= 4 is 5.97 Å². The first-order valence-electron chi connectivity index (χ1n) is 6.51. The Morgan fingerprint density at radius 1 is 0.895 bits per heavy atom. The third-order valence-corrected chi connectivity index (χ3v) is 2.60. The Hall–Kier alpha value is -2.09. The molecule has 0 heterocycles. The van der Waals surface area contributed by atoms with Gasteiger partial charge in [0.15, 0.2) is 0 Å². The molecule has 0 N–H and O–H groups in total. The number of aryl methyl sites for hydroxylation is 2. The van der Waals surface area contributed by atoms with Gasteiger partial charge in [-0.05, 0) is 37.6 Å². The number of hydrogen-bond donors (Lipinski definition) is 0. The predicted molar refractivity (Wildman–Crippen MR) is 78.7 cm³/mol. The Balaban J connectivity index is 0.000000861. The number of ether oxygens (including phenoxy) is 1. The molecule has 2 nitrogen and oxygen atoms in total. The summed E-state index contributed by atoms with van der Waals surface area (Å²) < 4.78 is 5.30. The summed E-state index contributed by atoms with van der Waals surface area (Å²) in [4.78, 5) is 11.9. The molecule has 0 bridgehead atoms. The van der Waals surface area contributed by atoms with Gasteiger partial charge in [-0.1, -0.05) is 49.7 Å². The zero-order valence-corrected chi connectivity index (χ0v) is 11.9. The smallest absolute Gasteiger partial charge is 0.343 e. The van der Waals surface area contributed by atoms with E-state index >= 15 is 0 Å². The van der Waals surface area contributed by atoms with Gasteiger partial charge < -0.3 is 4.74 Å². The minimum Gasteiger partial charge on any atom is -0.423 e. The van der Waals surface area contributed by atoms with Gasteiger partial charge in [0.05, 0.1) is 5.56 Å². The maximum Gasteiger partial charge on any atom is 0.343 e. The van der Waals surface area contributed by atoms with Crippen LogP contribution in [0.1, 0.15) is 35.3 Å². The van der Waals surface area contributed by atoms with E-state index in [2.05, 4.69) is 0 Å². The molecule has 0 unspecified atom stereocenters. The molecule has 0 aliphatic rings. The number of esters is 1. The van der Waals surface area contributed by atoms with Crippen LogP contribution < -0.4 is 4.74 Å². The Labute approximate surface area is 115 Å². The van der Waals surface area contributed by atoms with Crippen molar-refractivity contribution in [1.82, 2.24) is 0 Å². The molecule has 100 valence electrons. The van der Waals surface area contributed by atoms with E-state index < -0.39 is 0 Å². The van der Waals surface area contributed by atoms with Crippen LogP contribution in [0.25, 0.3) is 0 Å². The molecule has 0 aromatic heterocycles. The highest BCUT2D eigenvalue weighted by molar-refractivity contribution is 5.92. The number of carbonyl (C=O) groups excluding carboxylic acids is 1. The van der Waals surface area contributed by atoms with Crippen molar-refractivity contribution in [2.75, 3.05) is 0 Å². The third-order valence-electron chi connectivity index (χ3n) is 2.60. The van der Waals surface area contributed by atoms with E-state index in [0.717, 1.165) is 11.1 Å². The van der Waals surface area contributed by atoms with Crippen molar-refractivity contribution in [1.29, 1.82) is 0 Å². The van der Waals surface area contributed by atoms with Crippen LogP contribution in [0.5, 0.6) is 5.75 Å². The standard InChI is InChI=1S/C15H14O2.C2H6/c1-11-7-9-13(10-8-11)17-15(16)14-6-4-3-5-12(14)2;1-2/h3-10H,1-2H3;1-2H3. The zero-order chi connectivity index (χ0) is 14.3. The van der Waals surface area contributed by atoms with Crippen LogP contribution in [-0.2, 0) is 0 Å². The normalized spacial score (nSPS) is 9.26. The average Bonchev–Trinajstić information content (AvgIpc) is 2.44. The second-order valence-corrected chi connectivity index (χ2v) is 4.02. The molecular formula is C17H20O2. The van der Waals surface area contributed by atoms with E-state index in [1.54, 1.807) is 18.2 Å². The van der Waals surface area contributed by atoms with Gasteiger partial charge >= 0.3 is 5.97 Å². The van der Waals surface area contributed by atoms with E-state index in [0.29, 0.717) is 11.3 Å². The summed E-state index contributed by atoms with van der Waals surface area (Å²) in [5.74, 6) is 0.260. The summed E-state index contributed by atoms with van der Waals surface area (Å²) >= 11 is 0. The summed E-state index contributed by atoms with van der Waals surface area (Å²) in [6, 6.07) is 14.8. The van der Waals surface area contributed by atoms with Crippen LogP contribution in [0.15, 0.2) is 48.5 Å². The predicted octanol–water partition coefficient (Wildman–Crippen LogP) is 4.55. The maximum absolute atomic E-state index is 11.9. The molecule has 19 heavy (non-hydrogen) atoms. The quantitative estimate of drug-likeness (QED) is 0.582. The molecule has 2 rings (SSSR count). The van der Waals surface area contributed by atoms with E-state index in [9.17, 15) is 4.79 Å². The first-order valence-corrected chi connectivity index (χ1v) is 6.51. The zero-order valence-electron chi connectivity index (χ0n) is 11.9. The van der Waals surface area contributed by atoms with Gasteiger partial charge in [0.25, 0.3) is 0 Å². The molecule has 0 aliphatic carbocycles. The number of rotatable bonds is 2. The molecule has 0 atom stereocenters. The molecule has 0 fully saturated rings. The molecule has 2 aromatic rings. The van der Waals surface area contributed by atoms with Crippen molar-refractivity contribution in [2.24, 2.45) is 0 Å². The minimum absolute atomic E-state index is 0.313. The highest BCUT2D eigenvalue weighted by atomic mass is 16.5. The number of carbonyl (C=O) groups is 1. The largest absolute Gasteiger partial charge is 0.423 e. The van der Waals surface area contributed by atoms with Crippen molar-refractivity contribution < 1.29 is 9.53 Å². The first-order chi connectivity index (χ1) is 9.16. The van der Waals surface area contributed by atoms with Gasteiger partial charge in [0, 0.05) is 0 Å². The fourth-order valence-electron chi connectivity index (χ4n) is 1.57. The van der Waals surface area contributed by atoms with Gasteiger partial charge in [0.2, 0.25) is 0 Å². The van der Waals surface area contributed by atoms with E-state index in [1.807, 2.05) is 58.0 Å². The van der Waals surface area contributed by atoms with Gasteiger partial charge in [-0.15, -0.1) is 0 Å². The maximum atomic E-state index is 11.9. The molecule has 0 amide bonds. The van der Waals surface area contributed by atoms with Crippen LogP contribution in [0.3, 0.4) is 0 Å². The van der Waals surface area contributed by atoms with Crippen LogP contribution in [0, 0.1) is 13.8 Å². The third kappa shape index (κ3) is 4.25. The van der Waals surface area contributed by atoms with Crippen LogP contribution in [0.2, 0.25) is 0 Å². The molecular weight excluding hydrogens is 236 g/mol. The first kappa shape index (κ1) is 15.0. The Morgan fingerprint density at radius 3 is 2.05 bits per heavy atom. The van der Waals surface area contributed by atoms with E-state index in [-0.39, 0.29) is 5.97 Å². The summed E-state index contributed by atoms with van der Waals surface area (Å²) in [5, 5.41) is 0. The Bertz CT molecular complexity index is 527. The van der Waals surface area contributed by atoms with Crippen molar-refractivity contribution in [3.63, 3.8) is 0 Å². The second kappa shape index (κ2) is 7.37. The molecule has 2 aromatic carbocycles. The summed E-state index contributed by atoms with van der Waals surface area (Å²) in [6.07, 6.45) is 0. The van der Waals surface area contributed by atoms with Crippen LogP contribution in [-0.4, -0.2) is 5.97 Å². The van der Waals surface area contributed by atoms with Gasteiger partial charge in [-0.25, -0.2) is 4.79 Å². The van der Waals surface area contributed by atoms with Gasteiger partial charge in [-0.2, -0.15) is 0 Å². The van der Waals surface area contributed by atoms with E-state index in [1.165, 1.54) is 0 Å². The summed E-state index contributed by atoms with van der Waals surface area (Å²) in [6.45, 7) is 7.89. The number of benzene rings is 2. The highest BCUT2D eigenvalue weighted by Gasteiger charge is 2.10. The lowest BCUT2D eigenvalue weighted by molar-refractivity contribution is 0.0734. The lowest BCUT2D eigenvalue weighted by Gasteiger charge is -2.06. The van der Waals surface area contributed by atoms with Gasteiger partial charge in [-0.3, -0.25) is 0 Å². The monoisotopic (exact) mass is 256 g/mol. The summed E-state index contributed by atoms with van der Waals surface area (Å²) in [7, 11) is 0. The topological polar surface area (TPSA) is 26.3 Å². The molecule has 0 radical (unpaired) electrons. The molecule has 2 heteroatoms. The van der Waals surface area contributed by atoms with Crippen molar-refractivity contribution in [3.05, 3.63) is 65.2 Å². The molecule has 0 saturated carbocycles. The fraction of sp³-hybridized carbons (Fsp3) is 0.235. The number of hydrogen-bond acceptors (Lipinski definition) is 2.